The van der Waals surface area contributed by atoms with Crippen LogP contribution < -0.4 is 10.1 Å². The largest absolute Gasteiger partial charge is 0.473 e. The molecule has 0 amide bonds. The molecule has 0 aliphatic carbocycles. The summed E-state index contributed by atoms with van der Waals surface area (Å²) in [5.41, 5.74) is 0.945. The summed E-state index contributed by atoms with van der Waals surface area (Å²) >= 11 is 0. The summed E-state index contributed by atoms with van der Waals surface area (Å²) in [4.78, 5) is 8.61. The lowest BCUT2D eigenvalue weighted by Gasteiger charge is -2.12. The van der Waals surface area contributed by atoms with Gasteiger partial charge in [0, 0.05) is 6.54 Å². The van der Waals surface area contributed by atoms with E-state index in [0.717, 1.165) is 24.3 Å². The predicted octanol–water partition coefficient (Wildman–Crippen LogP) is 2.48. The maximum Gasteiger partial charge on any atom is 0.222 e. The molecule has 0 saturated heterocycles. The van der Waals surface area contributed by atoms with E-state index >= 15 is 0 Å². The van der Waals surface area contributed by atoms with Gasteiger partial charge < -0.3 is 10.1 Å². The summed E-state index contributed by atoms with van der Waals surface area (Å²) in [5, 5.41) is 3.26. The standard InChI is InChI=1S/C12H19N3O/c1-5-7-13-11-9(3)12(16-8-6-2)15-10(4)14-11/h6H,2,5,7-8H2,1,3-4H3,(H,13,14,15). The van der Waals surface area contributed by atoms with Gasteiger partial charge in [-0.3, -0.25) is 0 Å². The fraction of sp³-hybridized carbons (Fsp3) is 0.500. The number of nitrogens with one attached hydrogen (secondary N) is 1. The van der Waals surface area contributed by atoms with Crippen molar-refractivity contribution in [3.05, 3.63) is 24.0 Å². The Morgan fingerprint density at radius 1 is 1.38 bits per heavy atom. The van der Waals surface area contributed by atoms with E-state index in [1.165, 1.54) is 0 Å². The molecule has 0 bridgehead atoms. The van der Waals surface area contributed by atoms with Crippen LogP contribution in [0.2, 0.25) is 0 Å². The van der Waals surface area contributed by atoms with Crippen LogP contribution in [0.4, 0.5) is 5.82 Å². The zero-order valence-electron chi connectivity index (χ0n) is 10.2. The Labute approximate surface area is 96.8 Å². The molecule has 0 saturated carbocycles. The first-order valence-electron chi connectivity index (χ1n) is 5.51. The molecule has 0 aromatic carbocycles. The molecule has 0 radical (unpaired) electrons. The lowest BCUT2D eigenvalue weighted by atomic mass is 10.3. The zero-order valence-corrected chi connectivity index (χ0v) is 10.2. The van der Waals surface area contributed by atoms with Gasteiger partial charge in [0.1, 0.15) is 18.2 Å². The van der Waals surface area contributed by atoms with Crippen LogP contribution in [0.15, 0.2) is 12.7 Å². The first-order valence-corrected chi connectivity index (χ1v) is 5.51. The van der Waals surface area contributed by atoms with E-state index in [1.807, 2.05) is 13.8 Å². The van der Waals surface area contributed by atoms with Gasteiger partial charge in [-0.25, -0.2) is 4.98 Å². The summed E-state index contributed by atoms with van der Waals surface area (Å²) in [6, 6.07) is 0. The molecule has 4 nitrogen and oxygen atoms in total. The van der Waals surface area contributed by atoms with Gasteiger partial charge in [0.15, 0.2) is 0 Å². The first kappa shape index (κ1) is 12.5. The van der Waals surface area contributed by atoms with Gasteiger partial charge in [-0.2, -0.15) is 4.98 Å². The average molecular weight is 221 g/mol. The van der Waals surface area contributed by atoms with Crippen molar-refractivity contribution in [3.8, 4) is 5.88 Å². The minimum atomic E-state index is 0.463. The highest BCUT2D eigenvalue weighted by Crippen LogP contribution is 2.21. The molecule has 88 valence electrons. The SMILES string of the molecule is C=CCOc1nc(C)nc(NCCC)c1C. The molecule has 1 aromatic rings. The third kappa shape index (κ3) is 3.22. The highest BCUT2D eigenvalue weighted by Gasteiger charge is 2.09. The minimum absolute atomic E-state index is 0.463. The van der Waals surface area contributed by atoms with Crippen LogP contribution in [0.5, 0.6) is 5.88 Å². The van der Waals surface area contributed by atoms with E-state index in [9.17, 15) is 0 Å². The molecular formula is C12H19N3O. The summed E-state index contributed by atoms with van der Waals surface area (Å²) in [5.74, 6) is 2.20. The molecule has 0 fully saturated rings. The monoisotopic (exact) mass is 221 g/mol. The van der Waals surface area contributed by atoms with E-state index < -0.39 is 0 Å². The Balaban J connectivity index is 2.90. The van der Waals surface area contributed by atoms with Crippen molar-refractivity contribution in [2.24, 2.45) is 0 Å². The summed E-state index contributed by atoms with van der Waals surface area (Å²) in [7, 11) is 0. The molecule has 1 aromatic heterocycles. The van der Waals surface area contributed by atoms with Crippen LogP contribution in [0, 0.1) is 13.8 Å². The second-order valence-corrected chi connectivity index (χ2v) is 3.58. The number of aryl methyl sites for hydroxylation is 1. The van der Waals surface area contributed by atoms with Gasteiger partial charge >= 0.3 is 0 Å². The number of hydrogen-bond acceptors (Lipinski definition) is 4. The number of ether oxygens (including phenoxy) is 1. The molecule has 1 N–H and O–H groups in total. The Morgan fingerprint density at radius 2 is 2.12 bits per heavy atom. The third-order valence-corrected chi connectivity index (χ3v) is 2.09. The number of aromatic nitrogens is 2. The van der Waals surface area contributed by atoms with Gasteiger partial charge in [0.05, 0.1) is 5.56 Å². The van der Waals surface area contributed by atoms with Gasteiger partial charge in [-0.05, 0) is 20.3 Å². The summed E-state index contributed by atoms with van der Waals surface area (Å²) in [6.45, 7) is 10.9. The van der Waals surface area contributed by atoms with E-state index in [2.05, 4.69) is 28.8 Å². The molecule has 1 rings (SSSR count). The fourth-order valence-corrected chi connectivity index (χ4v) is 1.30. The van der Waals surface area contributed by atoms with E-state index in [4.69, 9.17) is 4.74 Å². The normalized spacial score (nSPS) is 9.94. The second-order valence-electron chi connectivity index (χ2n) is 3.58. The van der Waals surface area contributed by atoms with Crippen LogP contribution in [-0.2, 0) is 0 Å². The van der Waals surface area contributed by atoms with Crippen LogP contribution in [0.25, 0.3) is 0 Å². The maximum absolute atomic E-state index is 5.48. The summed E-state index contributed by atoms with van der Waals surface area (Å²) < 4.78 is 5.48. The minimum Gasteiger partial charge on any atom is -0.473 e. The fourth-order valence-electron chi connectivity index (χ4n) is 1.30. The lowest BCUT2D eigenvalue weighted by Crippen LogP contribution is -2.08. The van der Waals surface area contributed by atoms with Crippen molar-refractivity contribution in [2.45, 2.75) is 27.2 Å². The molecule has 0 unspecified atom stereocenters. The molecule has 1 heterocycles. The van der Waals surface area contributed by atoms with Crippen molar-refractivity contribution in [1.82, 2.24) is 9.97 Å². The Kier molecular flexibility index (Phi) is 4.76. The molecule has 0 atom stereocenters. The number of nitrogens with zero attached hydrogens (tertiary/aromatic N) is 2. The Morgan fingerprint density at radius 3 is 2.75 bits per heavy atom. The molecular weight excluding hydrogens is 202 g/mol. The van der Waals surface area contributed by atoms with Gasteiger partial charge in [-0.1, -0.05) is 19.6 Å². The van der Waals surface area contributed by atoms with Crippen molar-refractivity contribution in [1.29, 1.82) is 0 Å². The third-order valence-electron chi connectivity index (χ3n) is 2.09. The number of hydrogen-bond donors (Lipinski definition) is 1. The lowest BCUT2D eigenvalue weighted by molar-refractivity contribution is 0.344. The van der Waals surface area contributed by atoms with E-state index in [-0.39, 0.29) is 0 Å². The van der Waals surface area contributed by atoms with Crippen LogP contribution >= 0.6 is 0 Å². The average Bonchev–Trinajstić information content (AvgIpc) is 2.28. The van der Waals surface area contributed by atoms with Crippen molar-refractivity contribution in [2.75, 3.05) is 18.5 Å². The molecule has 16 heavy (non-hydrogen) atoms. The quantitative estimate of drug-likeness (QED) is 0.750. The molecule has 0 aliphatic heterocycles. The van der Waals surface area contributed by atoms with Gasteiger partial charge in [0.2, 0.25) is 5.88 Å². The Hall–Kier alpha value is -1.58. The van der Waals surface area contributed by atoms with Crippen molar-refractivity contribution >= 4 is 5.82 Å². The highest BCUT2D eigenvalue weighted by molar-refractivity contribution is 5.48. The first-order chi connectivity index (χ1) is 7.69. The predicted molar refractivity (Wildman–Crippen MR) is 66.0 cm³/mol. The van der Waals surface area contributed by atoms with E-state index in [0.29, 0.717) is 18.3 Å². The number of rotatable bonds is 6. The summed E-state index contributed by atoms with van der Waals surface area (Å²) in [6.07, 6.45) is 2.77. The Bertz CT molecular complexity index is 364. The molecule has 4 heteroatoms. The van der Waals surface area contributed by atoms with Crippen LogP contribution in [0.1, 0.15) is 24.7 Å². The maximum atomic E-state index is 5.48. The van der Waals surface area contributed by atoms with Gasteiger partial charge in [0.25, 0.3) is 0 Å². The highest BCUT2D eigenvalue weighted by atomic mass is 16.5. The molecule has 0 aliphatic rings. The van der Waals surface area contributed by atoms with Crippen LogP contribution in [-0.4, -0.2) is 23.1 Å². The van der Waals surface area contributed by atoms with E-state index in [1.54, 1.807) is 6.08 Å². The van der Waals surface area contributed by atoms with Crippen LogP contribution in [0.3, 0.4) is 0 Å². The zero-order chi connectivity index (χ0) is 12.0. The smallest absolute Gasteiger partial charge is 0.222 e. The van der Waals surface area contributed by atoms with Crippen molar-refractivity contribution in [3.63, 3.8) is 0 Å². The second kappa shape index (κ2) is 6.10. The topological polar surface area (TPSA) is 47.0 Å². The van der Waals surface area contributed by atoms with Crippen molar-refractivity contribution < 1.29 is 4.74 Å². The number of anilines is 1. The molecule has 0 spiro atoms. The van der Waals surface area contributed by atoms with Gasteiger partial charge in [-0.15, -0.1) is 0 Å².